The highest BCUT2D eigenvalue weighted by Crippen LogP contribution is 2.22. The summed E-state index contributed by atoms with van der Waals surface area (Å²) in [5.41, 5.74) is 0. The number of furan rings is 1. The number of rotatable bonds is 9. The van der Waals surface area contributed by atoms with Gasteiger partial charge >= 0.3 is 0 Å². The zero-order valence-electron chi connectivity index (χ0n) is 11.2. The van der Waals surface area contributed by atoms with Crippen LogP contribution in [0.5, 0.6) is 0 Å². The molecule has 0 aliphatic carbocycles. The van der Waals surface area contributed by atoms with Crippen molar-refractivity contribution in [3.8, 4) is 0 Å². The van der Waals surface area contributed by atoms with Gasteiger partial charge in [0, 0.05) is 6.42 Å². The Hall–Kier alpha value is -1.02. The third kappa shape index (κ3) is 4.78. The summed E-state index contributed by atoms with van der Waals surface area (Å²) in [5.74, 6) is 2.15. The molecule has 1 aromatic heterocycles. The van der Waals surface area contributed by atoms with E-state index in [-0.39, 0.29) is 0 Å². The Morgan fingerprint density at radius 3 is 2.76 bits per heavy atom. The lowest BCUT2D eigenvalue weighted by Crippen LogP contribution is -2.15. The highest BCUT2D eigenvalue weighted by Gasteiger charge is 2.12. The molecule has 1 unspecified atom stereocenters. The monoisotopic (exact) mass is 235 g/mol. The second kappa shape index (κ2) is 8.13. The van der Waals surface area contributed by atoms with Gasteiger partial charge in [-0.2, -0.15) is 0 Å². The van der Waals surface area contributed by atoms with Crippen LogP contribution in [0.4, 0.5) is 0 Å². The van der Waals surface area contributed by atoms with Gasteiger partial charge in [0.25, 0.3) is 0 Å². The molecule has 2 nitrogen and oxygen atoms in total. The summed E-state index contributed by atoms with van der Waals surface area (Å²) in [6.07, 6.45) is 8.99. The van der Waals surface area contributed by atoms with Gasteiger partial charge in [0.15, 0.2) is 0 Å². The highest BCUT2D eigenvalue weighted by atomic mass is 16.3. The summed E-state index contributed by atoms with van der Waals surface area (Å²) in [6.45, 7) is 5.86. The van der Waals surface area contributed by atoms with Crippen LogP contribution in [0.3, 0.4) is 0 Å². The Bertz CT molecular complexity index is 316. The molecule has 0 fully saturated rings. The summed E-state index contributed by atoms with van der Waals surface area (Å²) in [5, 5.41) is 3.33. The molecule has 17 heavy (non-hydrogen) atoms. The van der Waals surface area contributed by atoms with Crippen LogP contribution < -0.4 is 5.32 Å². The lowest BCUT2D eigenvalue weighted by Gasteiger charge is -2.13. The predicted molar refractivity (Wildman–Crippen MR) is 73.2 cm³/mol. The number of nitrogens with one attached hydrogen (secondary N) is 1. The van der Waals surface area contributed by atoms with Gasteiger partial charge < -0.3 is 9.73 Å². The van der Waals surface area contributed by atoms with E-state index < -0.39 is 0 Å². The summed E-state index contributed by atoms with van der Waals surface area (Å²) >= 11 is 0. The molecule has 1 rings (SSSR count). The molecule has 0 aliphatic heterocycles. The minimum atomic E-state index is 0.360. The van der Waals surface area contributed by atoms with E-state index >= 15 is 0 Å². The summed E-state index contributed by atoms with van der Waals surface area (Å²) < 4.78 is 5.79. The third-order valence-corrected chi connectivity index (χ3v) is 3.12. The zero-order valence-corrected chi connectivity index (χ0v) is 11.2. The fourth-order valence-corrected chi connectivity index (χ4v) is 2.01. The molecule has 1 N–H and O–H groups in total. The Kier molecular flexibility index (Phi) is 6.71. The van der Waals surface area contributed by atoms with Crippen molar-refractivity contribution in [3.05, 3.63) is 36.3 Å². The number of aryl methyl sites for hydroxylation is 1. The van der Waals surface area contributed by atoms with Crippen molar-refractivity contribution >= 4 is 0 Å². The minimum Gasteiger partial charge on any atom is -0.464 e. The van der Waals surface area contributed by atoms with Gasteiger partial charge in [0.2, 0.25) is 0 Å². The maximum Gasteiger partial charge on any atom is 0.121 e. The Labute approximate surface area is 105 Å². The van der Waals surface area contributed by atoms with Crippen LogP contribution in [-0.4, -0.2) is 7.05 Å². The standard InChI is InChI=1S/C15H25NO/c1-4-6-7-8-9-10-14(16-3)15-12-11-13(5-2)17-15/h4,11-12,14,16H,1,5-10H2,2-3H3. The van der Waals surface area contributed by atoms with Crippen LogP contribution >= 0.6 is 0 Å². The second-order valence-electron chi connectivity index (χ2n) is 4.43. The molecule has 0 saturated carbocycles. The van der Waals surface area contributed by atoms with Crippen LogP contribution in [0.2, 0.25) is 0 Å². The molecule has 0 amide bonds. The van der Waals surface area contributed by atoms with Gasteiger partial charge in [0.1, 0.15) is 11.5 Å². The van der Waals surface area contributed by atoms with Crippen molar-refractivity contribution in [2.45, 2.75) is 51.5 Å². The first-order chi connectivity index (χ1) is 8.31. The summed E-state index contributed by atoms with van der Waals surface area (Å²) in [6, 6.07) is 4.54. The maximum absolute atomic E-state index is 5.79. The lowest BCUT2D eigenvalue weighted by atomic mass is 10.1. The van der Waals surface area contributed by atoms with Gasteiger partial charge in [-0.25, -0.2) is 0 Å². The largest absolute Gasteiger partial charge is 0.464 e. The number of hydrogen-bond acceptors (Lipinski definition) is 2. The SMILES string of the molecule is C=CCCCCCC(NC)c1ccc(CC)o1. The van der Waals surface area contributed by atoms with Crippen LogP contribution in [-0.2, 0) is 6.42 Å². The first-order valence-electron chi connectivity index (χ1n) is 6.68. The molecular weight excluding hydrogens is 210 g/mol. The van der Waals surface area contributed by atoms with Crippen molar-refractivity contribution in [1.82, 2.24) is 5.32 Å². The van der Waals surface area contributed by atoms with Gasteiger partial charge in [-0.1, -0.05) is 25.8 Å². The molecule has 0 bridgehead atoms. The molecule has 0 spiro atoms. The fraction of sp³-hybridized carbons (Fsp3) is 0.600. The average Bonchev–Trinajstić information content (AvgIpc) is 2.82. The molecular formula is C15H25NO. The van der Waals surface area contributed by atoms with Crippen LogP contribution in [0.1, 0.15) is 56.6 Å². The van der Waals surface area contributed by atoms with Gasteiger partial charge in [-0.15, -0.1) is 6.58 Å². The van der Waals surface area contributed by atoms with Crippen LogP contribution in [0.25, 0.3) is 0 Å². The van der Waals surface area contributed by atoms with Crippen molar-refractivity contribution < 1.29 is 4.42 Å². The fourth-order valence-electron chi connectivity index (χ4n) is 2.01. The van der Waals surface area contributed by atoms with E-state index in [1.165, 1.54) is 19.3 Å². The molecule has 2 heteroatoms. The molecule has 0 aliphatic rings. The molecule has 0 saturated heterocycles. The van der Waals surface area contributed by atoms with Crippen molar-refractivity contribution in [1.29, 1.82) is 0 Å². The highest BCUT2D eigenvalue weighted by molar-refractivity contribution is 5.10. The van der Waals surface area contributed by atoms with Gasteiger partial charge in [-0.3, -0.25) is 0 Å². The summed E-state index contributed by atoms with van der Waals surface area (Å²) in [4.78, 5) is 0. The normalized spacial score (nSPS) is 12.6. The molecule has 0 radical (unpaired) electrons. The Balaban J connectivity index is 2.34. The zero-order chi connectivity index (χ0) is 12.5. The van der Waals surface area contributed by atoms with E-state index in [1.54, 1.807) is 0 Å². The molecule has 96 valence electrons. The number of hydrogen-bond donors (Lipinski definition) is 1. The lowest BCUT2D eigenvalue weighted by molar-refractivity contribution is 0.386. The molecule has 0 aromatic carbocycles. The van der Waals surface area contributed by atoms with E-state index in [1.807, 2.05) is 13.1 Å². The second-order valence-corrected chi connectivity index (χ2v) is 4.43. The van der Waals surface area contributed by atoms with E-state index in [0.29, 0.717) is 6.04 Å². The Morgan fingerprint density at radius 2 is 2.18 bits per heavy atom. The smallest absolute Gasteiger partial charge is 0.121 e. The van der Waals surface area contributed by atoms with Crippen molar-refractivity contribution in [2.75, 3.05) is 7.05 Å². The Morgan fingerprint density at radius 1 is 1.35 bits per heavy atom. The first kappa shape index (κ1) is 14.0. The van der Waals surface area contributed by atoms with E-state index in [4.69, 9.17) is 4.42 Å². The van der Waals surface area contributed by atoms with Gasteiger partial charge in [0.05, 0.1) is 6.04 Å². The van der Waals surface area contributed by atoms with E-state index in [0.717, 1.165) is 30.8 Å². The first-order valence-corrected chi connectivity index (χ1v) is 6.68. The third-order valence-electron chi connectivity index (χ3n) is 3.12. The van der Waals surface area contributed by atoms with Crippen molar-refractivity contribution in [2.24, 2.45) is 0 Å². The van der Waals surface area contributed by atoms with Crippen molar-refractivity contribution in [3.63, 3.8) is 0 Å². The number of unbranched alkanes of at least 4 members (excludes halogenated alkanes) is 3. The van der Waals surface area contributed by atoms with Crippen LogP contribution in [0, 0.1) is 0 Å². The molecule has 1 heterocycles. The van der Waals surface area contributed by atoms with E-state index in [9.17, 15) is 0 Å². The number of allylic oxidation sites excluding steroid dienone is 1. The predicted octanol–water partition coefficient (Wildman–Crippen LogP) is 4.24. The average molecular weight is 235 g/mol. The maximum atomic E-state index is 5.79. The van der Waals surface area contributed by atoms with Gasteiger partial charge in [-0.05, 0) is 38.4 Å². The minimum absolute atomic E-state index is 0.360. The van der Waals surface area contributed by atoms with E-state index in [2.05, 4.69) is 31.0 Å². The topological polar surface area (TPSA) is 25.2 Å². The molecule has 1 atom stereocenters. The molecule has 1 aromatic rings. The van der Waals surface area contributed by atoms with Crippen LogP contribution in [0.15, 0.2) is 29.2 Å². The quantitative estimate of drug-likeness (QED) is 0.511. The summed E-state index contributed by atoms with van der Waals surface area (Å²) in [7, 11) is 2.00.